The van der Waals surface area contributed by atoms with Crippen molar-refractivity contribution in [3.8, 4) is 0 Å². The number of fused-ring (bicyclic) bond motifs is 2. The lowest BCUT2D eigenvalue weighted by molar-refractivity contribution is 0.0815. The number of anilines is 3. The Kier molecular flexibility index (Phi) is 7.47. The fourth-order valence-corrected chi connectivity index (χ4v) is 7.91. The number of carbonyl (C=O) groups excluding carboxylic acids is 1. The van der Waals surface area contributed by atoms with Crippen molar-refractivity contribution in [2.45, 2.75) is 56.5 Å². The van der Waals surface area contributed by atoms with E-state index in [-0.39, 0.29) is 17.6 Å². The van der Waals surface area contributed by atoms with Gasteiger partial charge in [-0.25, -0.2) is 14.8 Å². The molecular weight excluding hydrogens is 592 g/mol. The summed E-state index contributed by atoms with van der Waals surface area (Å²) in [6.45, 7) is 3.97. The lowest BCUT2D eigenvalue weighted by Gasteiger charge is -2.47. The van der Waals surface area contributed by atoms with Crippen LogP contribution in [0.4, 0.5) is 17.5 Å². The molecule has 1 saturated heterocycles. The Bertz CT molecular complexity index is 1990. The molecule has 5 heterocycles. The highest BCUT2D eigenvalue weighted by atomic mass is 16.2. The number of hydrogen-bond acceptors (Lipinski definition) is 8. The molecule has 0 unspecified atom stereocenters. The summed E-state index contributed by atoms with van der Waals surface area (Å²) in [5, 5.41) is 4.16. The van der Waals surface area contributed by atoms with Crippen LogP contribution in [0.3, 0.4) is 0 Å². The van der Waals surface area contributed by atoms with Crippen LogP contribution < -0.4 is 15.9 Å². The van der Waals surface area contributed by atoms with Gasteiger partial charge in [0.05, 0.1) is 22.9 Å². The maximum atomic E-state index is 13.0. The average molecular weight is 635 g/mol. The van der Waals surface area contributed by atoms with E-state index < -0.39 is 0 Å². The molecule has 12 nitrogen and oxygen atoms in total. The van der Waals surface area contributed by atoms with Gasteiger partial charge in [-0.3, -0.25) is 14.3 Å². The molecule has 0 bridgehead atoms. The van der Waals surface area contributed by atoms with Gasteiger partial charge in [0.2, 0.25) is 5.95 Å². The molecule has 2 N–H and O–H groups in total. The maximum absolute atomic E-state index is 13.0. The Morgan fingerprint density at radius 3 is 2.49 bits per heavy atom. The molecule has 8 rings (SSSR count). The Balaban J connectivity index is 0.899. The summed E-state index contributed by atoms with van der Waals surface area (Å²) in [5.74, 6) is 1.64. The van der Waals surface area contributed by atoms with E-state index in [1.165, 1.54) is 18.4 Å². The number of imidazole rings is 1. The van der Waals surface area contributed by atoms with Crippen LogP contribution in [0.1, 0.15) is 66.5 Å². The zero-order chi connectivity index (χ0) is 32.2. The smallest absolute Gasteiger partial charge is 0.326 e. The second kappa shape index (κ2) is 11.8. The number of carbonyl (C=O) groups is 1. The topological polar surface area (TPSA) is 120 Å². The molecule has 0 spiro atoms. The van der Waals surface area contributed by atoms with Gasteiger partial charge in [-0.2, -0.15) is 4.98 Å². The Morgan fingerprint density at radius 2 is 1.77 bits per heavy atom. The molecule has 4 aromatic heterocycles. The van der Waals surface area contributed by atoms with Crippen LogP contribution in [-0.4, -0.2) is 91.1 Å². The van der Waals surface area contributed by atoms with Crippen molar-refractivity contribution in [3.63, 3.8) is 0 Å². The Labute approximate surface area is 273 Å². The van der Waals surface area contributed by atoms with Crippen molar-refractivity contribution >= 4 is 45.4 Å². The third-order valence-corrected chi connectivity index (χ3v) is 10.6. The largest absolute Gasteiger partial charge is 0.368 e. The Morgan fingerprint density at radius 1 is 0.979 bits per heavy atom. The molecule has 12 heteroatoms. The number of H-pyrrole nitrogens is 1. The van der Waals surface area contributed by atoms with Crippen molar-refractivity contribution in [3.05, 3.63) is 70.5 Å². The zero-order valence-corrected chi connectivity index (χ0v) is 27.3. The third kappa shape index (κ3) is 5.34. The van der Waals surface area contributed by atoms with E-state index in [9.17, 15) is 9.59 Å². The highest BCUT2D eigenvalue weighted by Crippen LogP contribution is 2.42. The summed E-state index contributed by atoms with van der Waals surface area (Å²) in [7, 11) is 5.43. The second-order valence-corrected chi connectivity index (χ2v) is 13.6. The SMILES string of the molecule is CN(C)C(=O)c1cc2cnc(Nc3ccc(N4CCN(C5CC(c6cccc7[nH]c(=O)n(C)c67)C5)CC4)cn3)nc2n1C1CCCC1. The van der Waals surface area contributed by atoms with Crippen LogP contribution in [0.25, 0.3) is 22.1 Å². The van der Waals surface area contributed by atoms with Gasteiger partial charge in [-0.15, -0.1) is 0 Å². The van der Waals surface area contributed by atoms with Crippen LogP contribution in [0.2, 0.25) is 0 Å². The minimum absolute atomic E-state index is 0.0148. The van der Waals surface area contributed by atoms with Crippen molar-refractivity contribution in [1.29, 1.82) is 0 Å². The summed E-state index contributed by atoms with van der Waals surface area (Å²) in [6.07, 6.45) is 10.4. The molecule has 2 aliphatic carbocycles. The lowest BCUT2D eigenvalue weighted by atomic mass is 9.74. The first kappa shape index (κ1) is 29.7. The van der Waals surface area contributed by atoms with Gasteiger partial charge in [-0.05, 0) is 61.4 Å². The zero-order valence-electron chi connectivity index (χ0n) is 27.3. The molecule has 0 radical (unpaired) electrons. The van der Waals surface area contributed by atoms with Crippen molar-refractivity contribution < 1.29 is 4.79 Å². The molecule has 2 saturated carbocycles. The first-order chi connectivity index (χ1) is 22.8. The van der Waals surface area contributed by atoms with Crippen molar-refractivity contribution in [2.75, 3.05) is 50.5 Å². The molecule has 47 heavy (non-hydrogen) atoms. The molecular formula is C35H42N10O2. The van der Waals surface area contributed by atoms with Crippen LogP contribution in [0, 0.1) is 0 Å². The first-order valence-corrected chi connectivity index (χ1v) is 16.8. The molecule has 1 amide bonds. The first-order valence-electron chi connectivity index (χ1n) is 16.8. The molecule has 5 aromatic rings. The highest BCUT2D eigenvalue weighted by Gasteiger charge is 2.37. The Hall–Kier alpha value is -4.71. The summed E-state index contributed by atoms with van der Waals surface area (Å²) >= 11 is 0. The number of aromatic nitrogens is 6. The van der Waals surface area contributed by atoms with E-state index in [1.54, 1.807) is 29.8 Å². The summed E-state index contributed by atoms with van der Waals surface area (Å²) in [6, 6.07) is 13.1. The van der Waals surface area contributed by atoms with Gasteiger partial charge in [0.1, 0.15) is 17.2 Å². The monoisotopic (exact) mass is 634 g/mol. The number of benzene rings is 1. The van der Waals surface area contributed by atoms with E-state index in [0.29, 0.717) is 29.4 Å². The summed E-state index contributed by atoms with van der Waals surface area (Å²) in [5.41, 5.74) is 5.79. The predicted molar refractivity (Wildman–Crippen MR) is 184 cm³/mol. The van der Waals surface area contributed by atoms with Crippen LogP contribution in [0.15, 0.2) is 53.6 Å². The predicted octanol–water partition coefficient (Wildman–Crippen LogP) is 4.64. The highest BCUT2D eigenvalue weighted by molar-refractivity contribution is 5.98. The van der Waals surface area contributed by atoms with E-state index >= 15 is 0 Å². The minimum atomic E-state index is -0.0502. The molecule has 3 aliphatic rings. The fourth-order valence-electron chi connectivity index (χ4n) is 7.91. The van der Waals surface area contributed by atoms with Gasteiger partial charge in [0.15, 0.2) is 0 Å². The van der Waals surface area contributed by atoms with Crippen LogP contribution in [-0.2, 0) is 7.05 Å². The molecule has 1 aliphatic heterocycles. The van der Waals surface area contributed by atoms with E-state index in [2.05, 4.69) is 47.9 Å². The maximum Gasteiger partial charge on any atom is 0.326 e. The minimum Gasteiger partial charge on any atom is -0.368 e. The van der Waals surface area contributed by atoms with Gasteiger partial charge in [-0.1, -0.05) is 25.0 Å². The number of aromatic amines is 1. The number of hydrogen-bond donors (Lipinski definition) is 2. The lowest BCUT2D eigenvalue weighted by Crippen LogP contribution is -2.53. The average Bonchev–Trinajstić information content (AvgIpc) is 3.79. The van der Waals surface area contributed by atoms with E-state index in [1.807, 2.05) is 31.4 Å². The van der Waals surface area contributed by atoms with Gasteiger partial charge < -0.3 is 24.7 Å². The number of amides is 1. The molecule has 0 atom stereocenters. The number of pyridine rings is 1. The number of nitrogens with zero attached hydrogens (tertiary/aromatic N) is 8. The number of nitrogens with one attached hydrogen (secondary N) is 2. The fraction of sp³-hybridized carbons (Fsp3) is 0.457. The number of piperazine rings is 1. The van der Waals surface area contributed by atoms with Gasteiger partial charge in [0.25, 0.3) is 5.91 Å². The second-order valence-electron chi connectivity index (χ2n) is 13.6. The normalized spacial score (nSPS) is 20.6. The molecule has 3 fully saturated rings. The van der Waals surface area contributed by atoms with Crippen molar-refractivity contribution in [2.24, 2.45) is 7.05 Å². The summed E-state index contributed by atoms with van der Waals surface area (Å²) < 4.78 is 3.88. The summed E-state index contributed by atoms with van der Waals surface area (Å²) in [4.78, 5) is 49.0. The number of rotatable bonds is 7. The van der Waals surface area contributed by atoms with Crippen LogP contribution >= 0.6 is 0 Å². The van der Waals surface area contributed by atoms with Crippen LogP contribution in [0.5, 0.6) is 0 Å². The molecule has 1 aromatic carbocycles. The van der Waals surface area contributed by atoms with E-state index in [4.69, 9.17) is 9.97 Å². The molecule has 244 valence electrons. The van der Waals surface area contributed by atoms with E-state index in [0.717, 1.165) is 79.6 Å². The quantitative estimate of drug-likeness (QED) is 0.266. The number of aryl methyl sites for hydroxylation is 1. The standard InChI is InChI=1S/C35H42N10O2/c1-41(2)33(46)29-19-23-20-37-34(40-32(23)45(29)24-7-4-5-8-24)39-30-12-11-25(21-36-30)43-13-15-44(16-14-43)26-17-22(18-26)27-9-6-10-28-31(27)42(3)35(47)38-28/h6,9-12,19-22,24,26H,4-5,7-8,13-18H2,1-3H3,(H,38,47)(H,36,37,39,40). The third-order valence-electron chi connectivity index (χ3n) is 10.6. The van der Waals surface area contributed by atoms with Gasteiger partial charge in [0, 0.05) is 71.0 Å². The number of para-hydroxylation sites is 1. The van der Waals surface area contributed by atoms with Gasteiger partial charge >= 0.3 is 5.69 Å². The van der Waals surface area contributed by atoms with Crippen molar-refractivity contribution in [1.82, 2.24) is 38.9 Å².